The molecule has 5 nitrogen and oxygen atoms in total. The lowest BCUT2D eigenvalue weighted by Crippen LogP contribution is -2.33. The van der Waals surface area contributed by atoms with Gasteiger partial charge in [0.25, 0.3) is 0 Å². The number of nitrogens with one attached hydrogen (secondary N) is 2. The number of benzene rings is 1. The molecule has 0 spiro atoms. The maximum Gasteiger partial charge on any atom is 0.224 e. The van der Waals surface area contributed by atoms with Crippen LogP contribution in [0.4, 0.5) is 0 Å². The molecule has 1 aliphatic heterocycles. The van der Waals surface area contributed by atoms with Crippen molar-refractivity contribution in [3.05, 3.63) is 47.3 Å². The molecule has 2 heterocycles. The molecule has 25 heavy (non-hydrogen) atoms. The molecular weight excluding hydrogens is 312 g/mol. The summed E-state index contributed by atoms with van der Waals surface area (Å²) in [5.41, 5.74) is 4.02. The summed E-state index contributed by atoms with van der Waals surface area (Å²) in [6.45, 7) is 6.98. The molecule has 1 saturated heterocycles. The van der Waals surface area contributed by atoms with Gasteiger partial charge in [-0.2, -0.15) is 5.10 Å². The first kappa shape index (κ1) is 17.7. The van der Waals surface area contributed by atoms with Crippen LogP contribution in [0.2, 0.25) is 0 Å². The number of rotatable bonds is 6. The Labute approximate surface area is 149 Å². The molecule has 1 atom stereocenters. The minimum Gasteiger partial charge on any atom is -0.356 e. The van der Waals surface area contributed by atoms with Gasteiger partial charge in [0.15, 0.2) is 0 Å². The lowest BCUT2D eigenvalue weighted by molar-refractivity contribution is -0.120. The number of para-hydroxylation sites is 1. The van der Waals surface area contributed by atoms with E-state index in [0.717, 1.165) is 48.7 Å². The zero-order valence-corrected chi connectivity index (χ0v) is 15.2. The maximum absolute atomic E-state index is 12.3. The fourth-order valence-electron chi connectivity index (χ4n) is 3.56. The van der Waals surface area contributed by atoms with Gasteiger partial charge in [-0.25, -0.2) is 4.68 Å². The molecule has 3 rings (SSSR count). The molecule has 0 saturated carbocycles. The van der Waals surface area contributed by atoms with Crippen LogP contribution in [0.3, 0.4) is 0 Å². The second-order valence-corrected chi connectivity index (χ2v) is 6.92. The lowest BCUT2D eigenvalue weighted by Gasteiger charge is -2.22. The second kappa shape index (κ2) is 8.30. The molecule has 1 unspecified atom stereocenters. The van der Waals surface area contributed by atoms with Crippen LogP contribution in [-0.4, -0.2) is 35.3 Å². The van der Waals surface area contributed by atoms with Crippen molar-refractivity contribution in [1.29, 1.82) is 0 Å². The van der Waals surface area contributed by atoms with Crippen LogP contribution in [0, 0.1) is 19.8 Å². The van der Waals surface area contributed by atoms with Crippen LogP contribution in [-0.2, 0) is 11.2 Å². The quantitative estimate of drug-likeness (QED) is 0.849. The molecule has 1 aliphatic rings. The average molecular weight is 340 g/mol. The van der Waals surface area contributed by atoms with Crippen molar-refractivity contribution in [2.24, 2.45) is 5.92 Å². The van der Waals surface area contributed by atoms with Crippen molar-refractivity contribution in [3.63, 3.8) is 0 Å². The van der Waals surface area contributed by atoms with E-state index in [4.69, 9.17) is 0 Å². The largest absolute Gasteiger partial charge is 0.356 e. The van der Waals surface area contributed by atoms with Crippen LogP contribution in [0.25, 0.3) is 5.69 Å². The first-order valence-electron chi connectivity index (χ1n) is 9.23. The van der Waals surface area contributed by atoms with Crippen LogP contribution in [0.15, 0.2) is 30.3 Å². The van der Waals surface area contributed by atoms with Crippen LogP contribution >= 0.6 is 0 Å². The number of amides is 1. The van der Waals surface area contributed by atoms with Gasteiger partial charge in [0.1, 0.15) is 0 Å². The third-order valence-electron chi connectivity index (χ3n) is 5.05. The Bertz CT molecular complexity index is 702. The third-order valence-corrected chi connectivity index (χ3v) is 5.05. The maximum atomic E-state index is 12.3. The molecular formula is C20H28N4O. The SMILES string of the molecule is Cc1nn(-c2ccccc2)c(C)c1CC(=O)NCCC1CCCNC1. The van der Waals surface area contributed by atoms with Gasteiger partial charge in [0, 0.05) is 17.8 Å². The molecule has 0 radical (unpaired) electrons. The summed E-state index contributed by atoms with van der Waals surface area (Å²) in [7, 11) is 0. The van der Waals surface area contributed by atoms with Crippen LogP contribution in [0.1, 0.15) is 36.2 Å². The van der Waals surface area contributed by atoms with Crippen molar-refractivity contribution in [3.8, 4) is 5.69 Å². The summed E-state index contributed by atoms with van der Waals surface area (Å²) >= 11 is 0. The van der Waals surface area contributed by atoms with E-state index >= 15 is 0 Å². The number of aryl methyl sites for hydroxylation is 1. The number of piperidine rings is 1. The third kappa shape index (κ3) is 4.48. The van der Waals surface area contributed by atoms with Gasteiger partial charge in [-0.3, -0.25) is 4.79 Å². The molecule has 0 bridgehead atoms. The fourth-order valence-corrected chi connectivity index (χ4v) is 3.56. The number of aromatic nitrogens is 2. The predicted octanol–water partition coefficient (Wildman–Crippen LogP) is 2.54. The second-order valence-electron chi connectivity index (χ2n) is 6.92. The zero-order chi connectivity index (χ0) is 17.6. The summed E-state index contributed by atoms with van der Waals surface area (Å²) < 4.78 is 1.92. The molecule has 1 amide bonds. The summed E-state index contributed by atoms with van der Waals surface area (Å²) in [4.78, 5) is 12.3. The monoisotopic (exact) mass is 340 g/mol. The number of hydrogen-bond acceptors (Lipinski definition) is 3. The molecule has 134 valence electrons. The Morgan fingerprint density at radius 2 is 2.12 bits per heavy atom. The van der Waals surface area contributed by atoms with Crippen molar-refractivity contribution in [2.45, 2.75) is 39.5 Å². The summed E-state index contributed by atoms with van der Waals surface area (Å²) in [5.74, 6) is 0.779. The normalized spacial score (nSPS) is 17.4. The summed E-state index contributed by atoms with van der Waals surface area (Å²) in [5, 5.41) is 11.1. The fraction of sp³-hybridized carbons (Fsp3) is 0.500. The first-order chi connectivity index (χ1) is 12.1. The highest BCUT2D eigenvalue weighted by molar-refractivity contribution is 5.79. The molecule has 5 heteroatoms. The van der Waals surface area contributed by atoms with Crippen molar-refractivity contribution >= 4 is 5.91 Å². The van der Waals surface area contributed by atoms with Crippen molar-refractivity contribution in [2.75, 3.05) is 19.6 Å². The van der Waals surface area contributed by atoms with Gasteiger partial charge < -0.3 is 10.6 Å². The number of carbonyl (C=O) groups excluding carboxylic acids is 1. The molecule has 1 aromatic heterocycles. The highest BCUT2D eigenvalue weighted by Crippen LogP contribution is 2.18. The molecule has 2 aromatic rings. The number of hydrogen-bond donors (Lipinski definition) is 2. The standard InChI is InChI=1S/C20H28N4O/c1-15-19(16(2)24(23-15)18-8-4-3-5-9-18)13-20(25)22-12-10-17-7-6-11-21-14-17/h3-5,8-9,17,21H,6-7,10-14H2,1-2H3,(H,22,25). The minimum atomic E-state index is 0.0857. The van der Waals surface area contributed by atoms with E-state index in [2.05, 4.69) is 15.7 Å². The van der Waals surface area contributed by atoms with Gasteiger partial charge in [0.2, 0.25) is 5.91 Å². The summed E-state index contributed by atoms with van der Waals surface area (Å²) in [6, 6.07) is 10.0. The molecule has 1 aromatic carbocycles. The molecule has 0 aliphatic carbocycles. The van der Waals surface area contributed by atoms with Gasteiger partial charge in [0.05, 0.1) is 17.8 Å². The Balaban J connectivity index is 1.57. The van der Waals surface area contributed by atoms with Crippen molar-refractivity contribution < 1.29 is 4.79 Å². The molecule has 1 fully saturated rings. The van der Waals surface area contributed by atoms with E-state index in [1.807, 2.05) is 48.9 Å². The number of carbonyl (C=O) groups is 1. The minimum absolute atomic E-state index is 0.0857. The average Bonchev–Trinajstić information content (AvgIpc) is 2.91. The van der Waals surface area contributed by atoms with Gasteiger partial charge in [-0.15, -0.1) is 0 Å². The van der Waals surface area contributed by atoms with Crippen molar-refractivity contribution in [1.82, 2.24) is 20.4 Å². The van der Waals surface area contributed by atoms with Gasteiger partial charge >= 0.3 is 0 Å². The van der Waals surface area contributed by atoms with Crippen LogP contribution in [0.5, 0.6) is 0 Å². The van der Waals surface area contributed by atoms with Gasteiger partial charge in [-0.05, 0) is 64.3 Å². The van der Waals surface area contributed by atoms with Gasteiger partial charge in [-0.1, -0.05) is 18.2 Å². The van der Waals surface area contributed by atoms with E-state index < -0.39 is 0 Å². The van der Waals surface area contributed by atoms with Crippen LogP contribution < -0.4 is 10.6 Å². The zero-order valence-electron chi connectivity index (χ0n) is 15.2. The highest BCUT2D eigenvalue weighted by atomic mass is 16.1. The molecule has 2 N–H and O–H groups in total. The van der Waals surface area contributed by atoms with E-state index in [9.17, 15) is 4.79 Å². The predicted molar refractivity (Wildman–Crippen MR) is 100.0 cm³/mol. The first-order valence-corrected chi connectivity index (χ1v) is 9.23. The smallest absolute Gasteiger partial charge is 0.224 e. The Kier molecular flexibility index (Phi) is 5.87. The van der Waals surface area contributed by atoms with E-state index in [1.54, 1.807) is 0 Å². The van der Waals surface area contributed by atoms with E-state index in [-0.39, 0.29) is 5.91 Å². The lowest BCUT2D eigenvalue weighted by atomic mass is 9.96. The Morgan fingerprint density at radius 3 is 2.84 bits per heavy atom. The number of nitrogens with zero attached hydrogens (tertiary/aromatic N) is 2. The Morgan fingerprint density at radius 1 is 1.32 bits per heavy atom. The highest BCUT2D eigenvalue weighted by Gasteiger charge is 2.17. The summed E-state index contributed by atoms with van der Waals surface area (Å²) in [6.07, 6.45) is 3.97. The Hall–Kier alpha value is -2.14. The topological polar surface area (TPSA) is 59.0 Å². The van der Waals surface area contributed by atoms with E-state index in [0.29, 0.717) is 12.3 Å². The van der Waals surface area contributed by atoms with E-state index in [1.165, 1.54) is 12.8 Å².